The van der Waals surface area contributed by atoms with E-state index >= 15 is 0 Å². The number of carbonyl (C=O) groups excluding carboxylic acids is 13. The Morgan fingerprint density at radius 2 is 0.598 bits per heavy atom. The second-order valence-corrected chi connectivity index (χ2v) is 23.8. The number of esters is 13. The molecule has 3 aliphatic rings. The van der Waals surface area contributed by atoms with Crippen LogP contribution in [0.25, 0.3) is 6.08 Å². The molecule has 32 nitrogen and oxygen atoms in total. The average molecular weight is 1940 g/mol. The molecule has 3 fully saturated rings. The molecule has 127 heavy (non-hydrogen) atoms. The highest BCUT2D eigenvalue weighted by Crippen LogP contribution is 2.43. The van der Waals surface area contributed by atoms with Crippen LogP contribution >= 0.6 is 0 Å². The summed E-state index contributed by atoms with van der Waals surface area (Å²) >= 11 is 0. The van der Waals surface area contributed by atoms with Crippen molar-refractivity contribution < 1.29 is 310 Å². The fourth-order valence-corrected chi connectivity index (χ4v) is 9.46. The second-order valence-electron chi connectivity index (χ2n) is 23.8. The van der Waals surface area contributed by atoms with Gasteiger partial charge in [0.2, 0.25) is 0 Å². The second kappa shape index (κ2) is 39.4. The standard InChI is InChI=1S/C59H34F36O32/c1-14-24(121-41(102)53(75,76)77)27(124-44(105)56(84,85)86)32(127-47(108)59(93,94)95)35(112-14)120-30-28(119-23(96)7-4-15-2-5-17(115-37(98)49(63,64)65)19(10-15)117-39(100)51(69,70)71)25(122-42(103)54(78,79)80)21(113-33(30)109-9-8-16-3-6-18(116-38(99)50(66,67)68)20(11-16)118-40(101)52(72,73)74)12-110-34-31(126-46(107)58(90,91)92)29(125-45(106)57(87,88)89)26(123-43(104)55(81,82)83)22(114-34)13-111-36(97)48(60,61)62/h2-7,10-11,14,21-22,24-35H,8-9,12-13H2,1H3/b7-4+/t14-,21+,22+,24-,25+,26+,27+,28+,29-,30+,31+,32+,33+,34+,35-/m0/s1. The van der Waals surface area contributed by atoms with E-state index in [1.165, 1.54) is 0 Å². The molecule has 0 aromatic heterocycles. The molecule has 0 saturated carbocycles. The smallest absolute Gasteiger partial charge is 0.456 e. The lowest BCUT2D eigenvalue weighted by molar-refractivity contribution is -0.374. The zero-order chi connectivity index (χ0) is 97.6. The number of hydrogen-bond donors (Lipinski definition) is 0. The quantitative estimate of drug-likeness (QED) is 0.0294. The first-order valence-corrected chi connectivity index (χ1v) is 31.7. The van der Waals surface area contributed by atoms with E-state index in [2.05, 4.69) is 56.8 Å². The molecular formula is C59H34F36O32. The normalized spacial score (nSPS) is 23.7. The highest BCUT2D eigenvalue weighted by molar-refractivity contribution is 5.88. The first-order chi connectivity index (χ1) is 57.3. The average Bonchev–Trinajstić information content (AvgIpc) is 0.760. The predicted molar refractivity (Wildman–Crippen MR) is 299 cm³/mol. The molecule has 3 heterocycles. The van der Waals surface area contributed by atoms with Crippen molar-refractivity contribution in [1.29, 1.82) is 0 Å². The Bertz CT molecular complexity index is 4400. The molecule has 3 saturated heterocycles. The lowest BCUT2D eigenvalue weighted by Gasteiger charge is -2.49. The summed E-state index contributed by atoms with van der Waals surface area (Å²) < 4.78 is 581. The van der Waals surface area contributed by atoms with Crippen LogP contribution in [-0.4, -0.2) is 264 Å². The van der Waals surface area contributed by atoms with Gasteiger partial charge in [0.1, 0.15) is 18.8 Å². The van der Waals surface area contributed by atoms with E-state index in [0.29, 0.717) is 0 Å². The van der Waals surface area contributed by atoms with Gasteiger partial charge in [-0.2, -0.15) is 158 Å². The summed E-state index contributed by atoms with van der Waals surface area (Å²) in [5, 5.41) is 0. The van der Waals surface area contributed by atoms with Crippen LogP contribution in [0, 0.1) is 0 Å². The first-order valence-electron chi connectivity index (χ1n) is 31.7. The predicted octanol–water partition coefficient (Wildman–Crippen LogP) is 8.76. The number of alkyl halides is 36. The van der Waals surface area contributed by atoms with Crippen LogP contribution in [0.4, 0.5) is 158 Å². The SMILES string of the molecule is C[C@@H]1O[C@@H](O[C@H]2[C@H](OCCc3ccc(OC(=O)C(F)(F)F)c(OC(=O)C(F)(F)F)c3)O[C@H](CO[C@@H]3O[C@H](COC(=O)C(F)(F)F)[C@@H](OC(=O)C(F)(F)F)[C@H](OC(=O)C(F)(F)F)[C@H]3OC(=O)C(F)(F)F)[C@@H](OC(=O)C(F)(F)F)[C@H]2OC(=O)/C=C/c2ccc(OC(=O)C(F)(F)F)c(OC(=O)C(F)(F)F)c2)[C@H](OC(=O)C(F)(F)F)[C@H](OC(=O)C(F)(F)F)[C@H]1OC(=O)C(F)(F)F. The summed E-state index contributed by atoms with van der Waals surface area (Å²) in [5.41, 5.74) is -2.32. The number of benzene rings is 2. The number of rotatable bonds is 25. The van der Waals surface area contributed by atoms with Gasteiger partial charge in [0.15, 0.2) is 96.8 Å². The van der Waals surface area contributed by atoms with Crippen molar-refractivity contribution in [3.05, 3.63) is 53.6 Å². The van der Waals surface area contributed by atoms with Gasteiger partial charge in [-0.05, 0) is 54.8 Å². The lowest BCUT2D eigenvalue weighted by Crippen LogP contribution is -2.68. The van der Waals surface area contributed by atoms with Crippen LogP contribution in [0.3, 0.4) is 0 Å². The molecule has 714 valence electrons. The van der Waals surface area contributed by atoms with Crippen LogP contribution in [0.5, 0.6) is 23.0 Å². The molecule has 5 rings (SSSR count). The maximum Gasteiger partial charge on any atom is 0.491 e. The van der Waals surface area contributed by atoms with E-state index in [1.807, 2.05) is 0 Å². The van der Waals surface area contributed by atoms with Gasteiger partial charge >= 0.3 is 152 Å². The maximum atomic E-state index is 14.8. The van der Waals surface area contributed by atoms with E-state index in [9.17, 15) is 220 Å². The molecule has 3 aliphatic heterocycles. The molecular weight excluding hydrogens is 1900 g/mol. The van der Waals surface area contributed by atoms with Crippen molar-refractivity contribution in [2.75, 3.05) is 19.8 Å². The van der Waals surface area contributed by atoms with Crippen LogP contribution in [0.1, 0.15) is 18.1 Å². The molecule has 0 spiro atoms. The van der Waals surface area contributed by atoms with Gasteiger partial charge in [0, 0.05) is 6.08 Å². The van der Waals surface area contributed by atoms with Gasteiger partial charge < -0.3 is 90.0 Å². The third kappa shape index (κ3) is 30.1. The zero-order valence-electron chi connectivity index (χ0n) is 59.3. The molecule has 68 heteroatoms. The Labute approximate surface area is 669 Å². The van der Waals surface area contributed by atoms with Crippen LogP contribution < -0.4 is 18.9 Å². The van der Waals surface area contributed by atoms with Gasteiger partial charge in [-0.1, -0.05) is 12.1 Å². The summed E-state index contributed by atoms with van der Waals surface area (Å²) in [6.07, 6.45) is -141. The molecule has 0 amide bonds. The van der Waals surface area contributed by atoms with E-state index in [-0.39, 0.29) is 49.4 Å². The zero-order valence-corrected chi connectivity index (χ0v) is 59.3. The van der Waals surface area contributed by atoms with Crippen LogP contribution in [-0.2, 0) is 140 Å². The van der Waals surface area contributed by atoms with E-state index in [1.54, 1.807) is 0 Å². The Hall–Kier alpha value is -11.5. The van der Waals surface area contributed by atoms with E-state index < -0.39 is 310 Å². The molecule has 2 aromatic carbocycles. The number of carbonyl (C=O) groups is 13. The number of hydrogen-bond acceptors (Lipinski definition) is 32. The molecule has 15 atom stereocenters. The van der Waals surface area contributed by atoms with Gasteiger partial charge in [-0.3, -0.25) is 0 Å². The van der Waals surface area contributed by atoms with Gasteiger partial charge in [0.25, 0.3) is 0 Å². The largest absolute Gasteiger partial charge is 0.491 e. The van der Waals surface area contributed by atoms with Crippen molar-refractivity contribution >= 4 is 83.7 Å². The Morgan fingerprint density at radius 3 is 0.976 bits per heavy atom. The number of halogens is 36. The van der Waals surface area contributed by atoms with Crippen molar-refractivity contribution in [1.82, 2.24) is 0 Å². The van der Waals surface area contributed by atoms with Gasteiger partial charge in [-0.25, -0.2) is 62.3 Å². The summed E-state index contributed by atoms with van der Waals surface area (Å²) in [7, 11) is 0. The van der Waals surface area contributed by atoms with Crippen molar-refractivity contribution in [2.24, 2.45) is 0 Å². The summed E-state index contributed by atoms with van der Waals surface area (Å²) in [5.74, 6) is -55.9. The van der Waals surface area contributed by atoms with Gasteiger partial charge in [-0.15, -0.1) is 0 Å². The fraction of sp³-hybridized carbons (Fsp3) is 0.542. The summed E-state index contributed by atoms with van der Waals surface area (Å²) in [6.45, 7) is -7.55. The monoisotopic (exact) mass is 1940 g/mol. The molecule has 0 bridgehead atoms. The molecule has 0 aliphatic carbocycles. The van der Waals surface area contributed by atoms with E-state index in [0.717, 1.165) is 0 Å². The third-order valence-electron chi connectivity index (χ3n) is 14.6. The van der Waals surface area contributed by atoms with Crippen LogP contribution in [0.2, 0.25) is 0 Å². The highest BCUT2D eigenvalue weighted by Gasteiger charge is 2.65. The Kier molecular flexibility index (Phi) is 32.9. The van der Waals surface area contributed by atoms with Crippen molar-refractivity contribution in [2.45, 2.75) is 180 Å². The Morgan fingerprint density at radius 1 is 0.299 bits per heavy atom. The highest BCUT2D eigenvalue weighted by atomic mass is 19.5. The molecule has 0 radical (unpaired) electrons. The maximum absolute atomic E-state index is 14.8. The van der Waals surface area contributed by atoms with Crippen LogP contribution in [0.15, 0.2) is 42.5 Å². The summed E-state index contributed by atoms with van der Waals surface area (Å²) in [6, 6.07) is -0.151. The van der Waals surface area contributed by atoms with E-state index in [4.69, 9.17) is 33.2 Å². The van der Waals surface area contributed by atoms with Gasteiger partial charge in [0.05, 0.1) is 19.3 Å². The minimum Gasteiger partial charge on any atom is -0.456 e. The molecule has 0 unspecified atom stereocenters. The van der Waals surface area contributed by atoms with Crippen molar-refractivity contribution in [3.63, 3.8) is 0 Å². The summed E-state index contributed by atoms with van der Waals surface area (Å²) in [4.78, 5) is 162. The molecule has 2 aromatic rings. The minimum atomic E-state index is -6.86. The first kappa shape index (κ1) is 106. The Balaban J connectivity index is 2.00. The minimum absolute atomic E-state index is 0.0162. The lowest BCUT2D eigenvalue weighted by atomic mass is 9.96. The topological polar surface area (TPSA) is 397 Å². The van der Waals surface area contributed by atoms with Crippen molar-refractivity contribution in [3.8, 4) is 23.0 Å². The third-order valence-corrected chi connectivity index (χ3v) is 14.6. The molecule has 0 N–H and O–H groups in total. The fourth-order valence-electron chi connectivity index (χ4n) is 9.46. The number of ether oxygens (including phenoxy) is 19.